The highest BCUT2D eigenvalue weighted by Gasteiger charge is 2.06. The Balaban J connectivity index is 2.65. The van der Waals surface area contributed by atoms with Gasteiger partial charge in [-0.05, 0) is 26.0 Å². The van der Waals surface area contributed by atoms with E-state index >= 15 is 0 Å². The summed E-state index contributed by atoms with van der Waals surface area (Å²) in [7, 11) is 2.11. The van der Waals surface area contributed by atoms with Crippen LogP contribution in [0.5, 0.6) is 0 Å². The van der Waals surface area contributed by atoms with Crippen LogP contribution in [0, 0.1) is 0 Å². The highest BCUT2D eigenvalue weighted by atomic mass is 14.9. The molecule has 0 atom stereocenters. The topological polar surface area (TPSA) is 17.3 Å². The first kappa shape index (κ1) is 12.0. The van der Waals surface area contributed by atoms with Crippen LogP contribution in [0.1, 0.15) is 13.8 Å². The van der Waals surface area contributed by atoms with Crippen molar-refractivity contribution in [1.29, 1.82) is 0 Å². The van der Waals surface area contributed by atoms with E-state index in [-0.39, 0.29) is 0 Å². The predicted octanol–water partition coefficient (Wildman–Crippen LogP) is 3.64. The van der Waals surface area contributed by atoms with Gasteiger partial charge in [0.15, 0.2) is 0 Å². The molecule has 0 aliphatic carbocycles. The summed E-state index contributed by atoms with van der Waals surface area (Å²) in [6.07, 6.45) is 0. The summed E-state index contributed by atoms with van der Waals surface area (Å²) in [6.45, 7) is 4.24. The largest absolute Gasteiger partial charge is 0.344 e. The second-order valence-electron chi connectivity index (χ2n) is 5.16. The first-order valence-electron chi connectivity index (χ1n) is 6.69. The van der Waals surface area contributed by atoms with Gasteiger partial charge in [-0.1, -0.05) is 36.4 Å². The Morgan fingerprint density at radius 2 is 1.32 bits per heavy atom. The molecule has 0 amide bonds. The second-order valence-corrected chi connectivity index (χ2v) is 5.16. The lowest BCUT2D eigenvalue weighted by molar-refractivity contribution is 0.810. The Labute approximate surface area is 113 Å². The molecule has 0 aliphatic rings. The van der Waals surface area contributed by atoms with E-state index in [1.54, 1.807) is 0 Å². The molecule has 19 heavy (non-hydrogen) atoms. The van der Waals surface area contributed by atoms with E-state index in [0.717, 1.165) is 5.36 Å². The van der Waals surface area contributed by atoms with Crippen molar-refractivity contribution >= 4 is 21.8 Å². The molecule has 2 aromatic carbocycles. The summed E-state index contributed by atoms with van der Waals surface area (Å²) in [5.74, 6) is 0. The van der Waals surface area contributed by atoms with E-state index in [1.165, 1.54) is 21.8 Å². The molecule has 2 heteroatoms. The lowest BCUT2D eigenvalue weighted by Gasteiger charge is -2.12. The van der Waals surface area contributed by atoms with Crippen LogP contribution >= 0.6 is 0 Å². The summed E-state index contributed by atoms with van der Waals surface area (Å²) in [5.41, 5.74) is 2.45. The van der Waals surface area contributed by atoms with Gasteiger partial charge < -0.3 is 4.57 Å². The third-order valence-electron chi connectivity index (χ3n) is 3.43. The van der Waals surface area contributed by atoms with E-state index in [2.05, 4.69) is 74.0 Å². The Hall–Kier alpha value is -2.09. The molecular weight excluding hydrogens is 232 g/mol. The number of aryl methyl sites for hydroxylation is 1. The molecule has 0 aliphatic heterocycles. The van der Waals surface area contributed by atoms with Gasteiger partial charge in [-0.2, -0.15) is 0 Å². The van der Waals surface area contributed by atoms with E-state index in [0.29, 0.717) is 6.04 Å². The summed E-state index contributed by atoms with van der Waals surface area (Å²) < 4.78 is 2.24. The number of aromatic nitrogens is 1. The molecule has 3 aromatic rings. The molecule has 0 bridgehead atoms. The van der Waals surface area contributed by atoms with E-state index < -0.39 is 0 Å². The minimum atomic E-state index is 0.291. The summed E-state index contributed by atoms with van der Waals surface area (Å²) in [6, 6.07) is 17.2. The highest BCUT2D eigenvalue weighted by molar-refractivity contribution is 5.93. The van der Waals surface area contributed by atoms with Gasteiger partial charge >= 0.3 is 0 Å². The smallest absolute Gasteiger partial charge is 0.0763 e. The fraction of sp³-hybridized carbons (Fsp3) is 0.235. The van der Waals surface area contributed by atoms with Gasteiger partial charge in [0.25, 0.3) is 0 Å². The predicted molar refractivity (Wildman–Crippen MR) is 81.1 cm³/mol. The van der Waals surface area contributed by atoms with Crippen molar-refractivity contribution < 1.29 is 0 Å². The number of benzene rings is 2. The van der Waals surface area contributed by atoms with Gasteiger partial charge in [0.2, 0.25) is 0 Å². The molecule has 0 unspecified atom stereocenters. The Morgan fingerprint density at radius 3 is 1.79 bits per heavy atom. The molecule has 1 aromatic heterocycles. The van der Waals surface area contributed by atoms with Gasteiger partial charge in [-0.3, -0.25) is 4.99 Å². The zero-order chi connectivity index (χ0) is 13.4. The third-order valence-corrected chi connectivity index (χ3v) is 3.43. The van der Waals surface area contributed by atoms with E-state index in [9.17, 15) is 0 Å². The van der Waals surface area contributed by atoms with E-state index in [1.807, 2.05) is 0 Å². The standard InChI is InChI=1S/C17H18N2/c1-12(2)18-17-13-8-4-6-10-15(13)19(3)16-11-7-5-9-14(16)17/h4-12H,1-3H3. The number of nitrogens with zero attached hydrogens (tertiary/aromatic N) is 2. The van der Waals surface area contributed by atoms with Crippen molar-refractivity contribution in [3.63, 3.8) is 0 Å². The minimum absolute atomic E-state index is 0.291. The van der Waals surface area contributed by atoms with Gasteiger partial charge in [0.1, 0.15) is 0 Å². The highest BCUT2D eigenvalue weighted by Crippen LogP contribution is 2.17. The molecule has 0 N–H and O–H groups in total. The van der Waals surface area contributed by atoms with Crippen molar-refractivity contribution in [2.45, 2.75) is 19.9 Å². The van der Waals surface area contributed by atoms with Crippen LogP contribution in [0.3, 0.4) is 0 Å². The molecule has 1 heterocycles. The number of hydrogen-bond donors (Lipinski definition) is 0. The van der Waals surface area contributed by atoms with Crippen LogP contribution < -0.4 is 5.36 Å². The molecule has 0 fully saturated rings. The number of hydrogen-bond acceptors (Lipinski definition) is 1. The van der Waals surface area contributed by atoms with Crippen molar-refractivity contribution in [1.82, 2.24) is 4.57 Å². The second kappa shape index (κ2) is 4.54. The van der Waals surface area contributed by atoms with Crippen molar-refractivity contribution in [3.05, 3.63) is 53.9 Å². The monoisotopic (exact) mass is 250 g/mol. The zero-order valence-corrected chi connectivity index (χ0v) is 11.6. The van der Waals surface area contributed by atoms with E-state index in [4.69, 9.17) is 4.99 Å². The molecule has 0 saturated heterocycles. The molecule has 3 rings (SSSR count). The quantitative estimate of drug-likeness (QED) is 0.587. The Kier molecular flexibility index (Phi) is 2.86. The number of para-hydroxylation sites is 2. The summed E-state index contributed by atoms with van der Waals surface area (Å²) in [4.78, 5) is 4.84. The lowest BCUT2D eigenvalue weighted by Crippen LogP contribution is -2.13. The first-order valence-corrected chi connectivity index (χ1v) is 6.69. The molecule has 0 radical (unpaired) electrons. The van der Waals surface area contributed by atoms with Crippen LogP contribution in [-0.4, -0.2) is 10.6 Å². The number of rotatable bonds is 1. The molecular formula is C17H18N2. The first-order chi connectivity index (χ1) is 9.18. The van der Waals surface area contributed by atoms with Gasteiger partial charge in [-0.15, -0.1) is 0 Å². The fourth-order valence-corrected chi connectivity index (χ4v) is 2.60. The fourth-order valence-electron chi connectivity index (χ4n) is 2.60. The van der Waals surface area contributed by atoms with Gasteiger partial charge in [0, 0.05) is 23.9 Å². The van der Waals surface area contributed by atoms with Gasteiger partial charge in [0.05, 0.1) is 16.4 Å². The number of fused-ring (bicyclic) bond motifs is 2. The zero-order valence-electron chi connectivity index (χ0n) is 11.6. The maximum atomic E-state index is 4.84. The van der Waals surface area contributed by atoms with Crippen LogP contribution in [0.2, 0.25) is 0 Å². The summed E-state index contributed by atoms with van der Waals surface area (Å²) >= 11 is 0. The van der Waals surface area contributed by atoms with Crippen molar-refractivity contribution in [3.8, 4) is 0 Å². The van der Waals surface area contributed by atoms with Crippen LogP contribution in [0.4, 0.5) is 0 Å². The lowest BCUT2D eigenvalue weighted by atomic mass is 10.1. The van der Waals surface area contributed by atoms with Crippen LogP contribution in [0.25, 0.3) is 21.8 Å². The third kappa shape index (κ3) is 1.93. The Bertz CT molecular complexity index is 750. The minimum Gasteiger partial charge on any atom is -0.344 e. The SMILES string of the molecule is CC(C)N=c1c2ccccc2n(C)c2ccccc12. The van der Waals surface area contributed by atoms with Crippen molar-refractivity contribution in [2.75, 3.05) is 0 Å². The van der Waals surface area contributed by atoms with Gasteiger partial charge in [-0.25, -0.2) is 0 Å². The maximum absolute atomic E-state index is 4.84. The summed E-state index contributed by atoms with van der Waals surface area (Å²) in [5, 5.41) is 3.55. The maximum Gasteiger partial charge on any atom is 0.0763 e. The molecule has 0 spiro atoms. The average Bonchev–Trinajstić information content (AvgIpc) is 2.43. The van der Waals surface area contributed by atoms with Crippen molar-refractivity contribution in [2.24, 2.45) is 12.0 Å². The number of pyridine rings is 1. The molecule has 2 nitrogen and oxygen atoms in total. The molecule has 0 saturated carbocycles. The van der Waals surface area contributed by atoms with Crippen LogP contribution in [0.15, 0.2) is 53.5 Å². The Morgan fingerprint density at radius 1 is 0.842 bits per heavy atom. The average molecular weight is 250 g/mol. The van der Waals surface area contributed by atoms with Crippen LogP contribution in [-0.2, 0) is 7.05 Å². The normalized spacial score (nSPS) is 11.4. The molecule has 96 valence electrons.